The van der Waals surface area contributed by atoms with E-state index in [0.717, 1.165) is 39.6 Å². The summed E-state index contributed by atoms with van der Waals surface area (Å²) in [4.78, 5) is 0. The summed E-state index contributed by atoms with van der Waals surface area (Å²) in [7, 11) is 1.70. The molecule has 2 rings (SSSR count). The summed E-state index contributed by atoms with van der Waals surface area (Å²) in [6.07, 6.45) is 0. The van der Waals surface area contributed by atoms with Gasteiger partial charge in [-0.15, -0.1) is 0 Å². The highest BCUT2D eigenvalue weighted by Crippen LogP contribution is 2.29. The van der Waals surface area contributed by atoms with Crippen LogP contribution in [0.3, 0.4) is 0 Å². The molecule has 3 heteroatoms. The molecule has 0 spiro atoms. The van der Waals surface area contributed by atoms with Crippen LogP contribution in [0.15, 0.2) is 36.4 Å². The average Bonchev–Trinajstić information content (AvgIpc) is 2.47. The van der Waals surface area contributed by atoms with Crippen LogP contribution in [0.1, 0.15) is 25.0 Å². The molecule has 0 fully saturated rings. The second-order valence-electron chi connectivity index (χ2n) is 5.53. The lowest BCUT2D eigenvalue weighted by atomic mass is 10.0. The molecule has 2 aromatic carbocycles. The highest BCUT2D eigenvalue weighted by Gasteiger charge is 2.07. The first-order chi connectivity index (χ1) is 10.0. The van der Waals surface area contributed by atoms with Crippen molar-refractivity contribution in [3.05, 3.63) is 52.5 Å². The molecule has 0 heterocycles. The quantitative estimate of drug-likeness (QED) is 0.855. The first kappa shape index (κ1) is 15.9. The molecule has 0 amide bonds. The third kappa shape index (κ3) is 3.99. The maximum absolute atomic E-state index is 6.23. The van der Waals surface area contributed by atoms with Gasteiger partial charge >= 0.3 is 0 Å². The Morgan fingerprint density at radius 1 is 1.10 bits per heavy atom. The fourth-order valence-electron chi connectivity index (χ4n) is 2.18. The molecule has 0 aliphatic rings. The highest BCUT2D eigenvalue weighted by molar-refractivity contribution is 6.31. The minimum atomic E-state index is 0.437. The molecule has 2 aromatic rings. The predicted molar refractivity (Wildman–Crippen MR) is 90.2 cm³/mol. The third-order valence-electron chi connectivity index (χ3n) is 3.49. The summed E-state index contributed by atoms with van der Waals surface area (Å²) in [6, 6.07) is 12.8. The molecule has 0 saturated heterocycles. The number of benzene rings is 2. The standard InChI is InChI=1S/C18H22ClNO/c1-12(2)20-11-16-9-14(7-8-18(16)21-4)15-6-5-13(3)17(19)10-15/h5-10,12,20H,11H2,1-4H3. The van der Waals surface area contributed by atoms with Gasteiger partial charge in [-0.2, -0.15) is 0 Å². The molecule has 0 aliphatic heterocycles. The van der Waals surface area contributed by atoms with E-state index in [2.05, 4.69) is 37.4 Å². The van der Waals surface area contributed by atoms with Gasteiger partial charge in [0.05, 0.1) is 7.11 Å². The van der Waals surface area contributed by atoms with E-state index in [9.17, 15) is 0 Å². The number of halogens is 1. The summed E-state index contributed by atoms with van der Waals surface area (Å²) in [5.41, 5.74) is 4.52. The monoisotopic (exact) mass is 303 g/mol. The van der Waals surface area contributed by atoms with E-state index in [-0.39, 0.29) is 0 Å². The Bertz CT molecular complexity index is 623. The number of nitrogens with one attached hydrogen (secondary N) is 1. The molecule has 0 aliphatic carbocycles. The van der Waals surface area contributed by atoms with E-state index >= 15 is 0 Å². The zero-order chi connectivity index (χ0) is 15.4. The molecule has 21 heavy (non-hydrogen) atoms. The Balaban J connectivity index is 2.35. The van der Waals surface area contributed by atoms with Gasteiger partial charge in [0.1, 0.15) is 5.75 Å². The van der Waals surface area contributed by atoms with E-state index in [1.54, 1.807) is 7.11 Å². The van der Waals surface area contributed by atoms with Crippen LogP contribution in [-0.2, 0) is 6.54 Å². The van der Waals surface area contributed by atoms with Gasteiger partial charge in [0, 0.05) is 23.2 Å². The SMILES string of the molecule is COc1ccc(-c2ccc(C)c(Cl)c2)cc1CNC(C)C. The van der Waals surface area contributed by atoms with Crippen molar-refractivity contribution < 1.29 is 4.74 Å². The number of hydrogen-bond acceptors (Lipinski definition) is 2. The Morgan fingerprint density at radius 2 is 1.76 bits per heavy atom. The highest BCUT2D eigenvalue weighted by atomic mass is 35.5. The molecule has 0 atom stereocenters. The molecular weight excluding hydrogens is 282 g/mol. The number of hydrogen-bond donors (Lipinski definition) is 1. The van der Waals surface area contributed by atoms with Crippen LogP contribution in [0.4, 0.5) is 0 Å². The van der Waals surface area contributed by atoms with Gasteiger partial charge in [-0.25, -0.2) is 0 Å². The Labute approximate surface area is 132 Å². The van der Waals surface area contributed by atoms with Crippen LogP contribution in [0, 0.1) is 6.92 Å². The van der Waals surface area contributed by atoms with E-state index in [1.807, 2.05) is 25.1 Å². The van der Waals surface area contributed by atoms with Crippen molar-refractivity contribution in [1.82, 2.24) is 5.32 Å². The smallest absolute Gasteiger partial charge is 0.123 e. The zero-order valence-corrected chi connectivity index (χ0v) is 13.8. The van der Waals surface area contributed by atoms with Crippen LogP contribution in [0.5, 0.6) is 5.75 Å². The second kappa shape index (κ2) is 6.97. The lowest BCUT2D eigenvalue weighted by molar-refractivity contribution is 0.406. The topological polar surface area (TPSA) is 21.3 Å². The third-order valence-corrected chi connectivity index (χ3v) is 3.89. The number of rotatable bonds is 5. The van der Waals surface area contributed by atoms with Gasteiger partial charge in [0.15, 0.2) is 0 Å². The largest absolute Gasteiger partial charge is 0.496 e. The number of aryl methyl sites for hydroxylation is 1. The van der Waals surface area contributed by atoms with Crippen LogP contribution < -0.4 is 10.1 Å². The normalized spacial score (nSPS) is 11.0. The van der Waals surface area contributed by atoms with Gasteiger partial charge in [-0.1, -0.05) is 43.6 Å². The summed E-state index contributed by atoms with van der Waals surface area (Å²) in [5, 5.41) is 4.23. The van der Waals surface area contributed by atoms with Crippen molar-refractivity contribution in [2.24, 2.45) is 0 Å². The first-order valence-electron chi connectivity index (χ1n) is 7.18. The van der Waals surface area contributed by atoms with E-state index in [4.69, 9.17) is 16.3 Å². The van der Waals surface area contributed by atoms with Crippen molar-refractivity contribution in [1.29, 1.82) is 0 Å². The minimum absolute atomic E-state index is 0.437. The summed E-state index contributed by atoms with van der Waals surface area (Å²) in [5.74, 6) is 0.908. The molecule has 1 N–H and O–H groups in total. The fraction of sp³-hybridized carbons (Fsp3) is 0.333. The lowest BCUT2D eigenvalue weighted by Crippen LogP contribution is -2.22. The van der Waals surface area contributed by atoms with Gasteiger partial charge in [0.25, 0.3) is 0 Å². The molecular formula is C18H22ClNO. The average molecular weight is 304 g/mol. The van der Waals surface area contributed by atoms with E-state index < -0.39 is 0 Å². The Kier molecular flexibility index (Phi) is 5.27. The number of ether oxygens (including phenoxy) is 1. The maximum Gasteiger partial charge on any atom is 0.123 e. The van der Waals surface area contributed by atoms with Crippen molar-refractivity contribution in [3.63, 3.8) is 0 Å². The van der Waals surface area contributed by atoms with E-state index in [0.29, 0.717) is 6.04 Å². The van der Waals surface area contributed by atoms with Gasteiger partial charge in [0.2, 0.25) is 0 Å². The summed E-state index contributed by atoms with van der Waals surface area (Å²) < 4.78 is 5.45. The molecule has 112 valence electrons. The van der Waals surface area contributed by atoms with E-state index in [1.165, 1.54) is 0 Å². The predicted octanol–water partition coefficient (Wildman–Crippen LogP) is 4.82. The Hall–Kier alpha value is -1.51. The maximum atomic E-state index is 6.23. The first-order valence-corrected chi connectivity index (χ1v) is 7.56. The molecule has 0 unspecified atom stereocenters. The molecule has 0 radical (unpaired) electrons. The van der Waals surface area contributed by atoms with Gasteiger partial charge in [-0.3, -0.25) is 0 Å². The van der Waals surface area contributed by atoms with Crippen LogP contribution in [-0.4, -0.2) is 13.2 Å². The fourth-order valence-corrected chi connectivity index (χ4v) is 2.36. The molecule has 0 bridgehead atoms. The molecule has 0 aromatic heterocycles. The van der Waals surface area contributed by atoms with Gasteiger partial charge in [-0.05, 0) is 41.8 Å². The Morgan fingerprint density at radius 3 is 2.38 bits per heavy atom. The van der Waals surface area contributed by atoms with Crippen molar-refractivity contribution in [3.8, 4) is 16.9 Å². The lowest BCUT2D eigenvalue weighted by Gasteiger charge is -2.14. The molecule has 2 nitrogen and oxygen atoms in total. The van der Waals surface area contributed by atoms with Crippen LogP contribution >= 0.6 is 11.6 Å². The van der Waals surface area contributed by atoms with Crippen LogP contribution in [0.2, 0.25) is 5.02 Å². The minimum Gasteiger partial charge on any atom is -0.496 e. The van der Waals surface area contributed by atoms with Gasteiger partial charge < -0.3 is 10.1 Å². The number of methoxy groups -OCH3 is 1. The van der Waals surface area contributed by atoms with Crippen molar-refractivity contribution >= 4 is 11.6 Å². The van der Waals surface area contributed by atoms with Crippen molar-refractivity contribution in [2.45, 2.75) is 33.4 Å². The summed E-state index contributed by atoms with van der Waals surface area (Å²) >= 11 is 6.23. The molecule has 0 saturated carbocycles. The van der Waals surface area contributed by atoms with Crippen LogP contribution in [0.25, 0.3) is 11.1 Å². The zero-order valence-electron chi connectivity index (χ0n) is 13.0. The summed E-state index contributed by atoms with van der Waals surface area (Å²) in [6.45, 7) is 7.07. The second-order valence-corrected chi connectivity index (χ2v) is 5.93. The van der Waals surface area contributed by atoms with Crippen molar-refractivity contribution in [2.75, 3.05) is 7.11 Å².